The van der Waals surface area contributed by atoms with Crippen LogP contribution in [0.25, 0.3) is 0 Å². The predicted octanol–water partition coefficient (Wildman–Crippen LogP) is 1.98. The van der Waals surface area contributed by atoms with Gasteiger partial charge in [0.1, 0.15) is 0 Å². The minimum absolute atomic E-state index is 0.208. The molecule has 0 aliphatic heterocycles. The molecule has 0 heterocycles. The third-order valence-electron chi connectivity index (χ3n) is 2.79. The molecule has 0 spiro atoms. The third-order valence-corrected chi connectivity index (χ3v) is 5.12. The molecule has 0 aromatic carbocycles. The fraction of sp³-hybridized carbons (Fsp3) is 1.00. The first-order valence-corrected chi connectivity index (χ1v) is 7.60. The van der Waals surface area contributed by atoms with Crippen molar-refractivity contribution in [2.45, 2.75) is 58.2 Å². The van der Waals surface area contributed by atoms with Gasteiger partial charge in [-0.25, -0.2) is 8.42 Å². The molecule has 0 aliphatic rings. The average Bonchev–Trinajstić information content (AvgIpc) is 2.16. The Morgan fingerprint density at radius 3 is 2.27 bits per heavy atom. The SMILES string of the molecule is CCCC(C)NCCS(=O)(=O)C(C)CC. The number of nitrogens with one attached hydrogen (secondary N) is 1. The van der Waals surface area contributed by atoms with Crippen molar-refractivity contribution in [3.05, 3.63) is 0 Å². The Bertz CT molecular complexity index is 249. The van der Waals surface area contributed by atoms with Gasteiger partial charge in [-0.2, -0.15) is 0 Å². The van der Waals surface area contributed by atoms with Crippen LogP contribution in [0.5, 0.6) is 0 Å². The summed E-state index contributed by atoms with van der Waals surface area (Å²) in [7, 11) is -2.88. The molecule has 3 nitrogen and oxygen atoms in total. The number of rotatable bonds is 8. The van der Waals surface area contributed by atoms with Gasteiger partial charge in [0, 0.05) is 12.6 Å². The van der Waals surface area contributed by atoms with E-state index in [9.17, 15) is 8.42 Å². The van der Waals surface area contributed by atoms with Gasteiger partial charge in [-0.15, -0.1) is 0 Å². The van der Waals surface area contributed by atoms with Crippen molar-refractivity contribution in [2.24, 2.45) is 0 Å². The summed E-state index contributed by atoms with van der Waals surface area (Å²) in [5.41, 5.74) is 0. The zero-order valence-electron chi connectivity index (χ0n) is 10.4. The summed E-state index contributed by atoms with van der Waals surface area (Å²) in [5, 5.41) is 3.03. The van der Waals surface area contributed by atoms with Crippen LogP contribution in [-0.4, -0.2) is 32.0 Å². The zero-order valence-corrected chi connectivity index (χ0v) is 11.2. The molecule has 0 saturated carbocycles. The van der Waals surface area contributed by atoms with Crippen LogP contribution < -0.4 is 5.32 Å². The molecule has 0 aromatic heterocycles. The smallest absolute Gasteiger partial charge is 0.154 e. The van der Waals surface area contributed by atoms with Gasteiger partial charge in [-0.3, -0.25) is 0 Å². The minimum Gasteiger partial charge on any atom is -0.313 e. The van der Waals surface area contributed by atoms with Crippen LogP contribution in [0, 0.1) is 0 Å². The number of hydrogen-bond acceptors (Lipinski definition) is 3. The second kappa shape index (κ2) is 7.23. The quantitative estimate of drug-likeness (QED) is 0.700. The van der Waals surface area contributed by atoms with Crippen molar-refractivity contribution in [1.29, 1.82) is 0 Å². The lowest BCUT2D eigenvalue weighted by Crippen LogP contribution is -2.33. The molecule has 0 aliphatic carbocycles. The lowest BCUT2D eigenvalue weighted by Gasteiger charge is -2.14. The highest BCUT2D eigenvalue weighted by atomic mass is 32.2. The monoisotopic (exact) mass is 235 g/mol. The van der Waals surface area contributed by atoms with Gasteiger partial charge in [0.15, 0.2) is 9.84 Å². The van der Waals surface area contributed by atoms with E-state index in [1.165, 1.54) is 0 Å². The Hall–Kier alpha value is -0.0900. The highest BCUT2D eigenvalue weighted by Gasteiger charge is 2.18. The van der Waals surface area contributed by atoms with E-state index in [2.05, 4.69) is 19.2 Å². The highest BCUT2D eigenvalue weighted by molar-refractivity contribution is 7.92. The van der Waals surface area contributed by atoms with Crippen LogP contribution in [0.1, 0.15) is 47.0 Å². The van der Waals surface area contributed by atoms with Crippen LogP contribution >= 0.6 is 0 Å². The molecule has 1 N–H and O–H groups in total. The Balaban J connectivity index is 3.85. The second-order valence-electron chi connectivity index (χ2n) is 4.23. The second-order valence-corrected chi connectivity index (χ2v) is 6.77. The molecular weight excluding hydrogens is 210 g/mol. The van der Waals surface area contributed by atoms with Gasteiger partial charge in [0.25, 0.3) is 0 Å². The fourth-order valence-electron chi connectivity index (χ4n) is 1.44. The van der Waals surface area contributed by atoms with Crippen LogP contribution in [0.15, 0.2) is 0 Å². The van der Waals surface area contributed by atoms with Gasteiger partial charge in [0.2, 0.25) is 0 Å². The number of sulfone groups is 1. The summed E-state index contributed by atoms with van der Waals surface area (Å²) in [6, 6.07) is 0.419. The first-order valence-electron chi connectivity index (χ1n) is 5.89. The lowest BCUT2D eigenvalue weighted by atomic mass is 10.2. The Kier molecular flexibility index (Phi) is 7.18. The molecule has 92 valence electrons. The van der Waals surface area contributed by atoms with E-state index in [1.807, 2.05) is 6.92 Å². The van der Waals surface area contributed by atoms with Gasteiger partial charge in [-0.1, -0.05) is 20.3 Å². The largest absolute Gasteiger partial charge is 0.313 e. The summed E-state index contributed by atoms with van der Waals surface area (Å²) in [6.45, 7) is 8.50. The van der Waals surface area contributed by atoms with E-state index in [0.29, 0.717) is 19.0 Å². The first kappa shape index (κ1) is 14.9. The summed E-state index contributed by atoms with van der Waals surface area (Å²) in [5.74, 6) is 0.260. The van der Waals surface area contributed by atoms with E-state index < -0.39 is 9.84 Å². The van der Waals surface area contributed by atoms with Gasteiger partial charge < -0.3 is 5.32 Å². The summed E-state index contributed by atoms with van der Waals surface area (Å²) in [4.78, 5) is 0. The minimum atomic E-state index is -2.88. The highest BCUT2D eigenvalue weighted by Crippen LogP contribution is 2.05. The Morgan fingerprint density at radius 1 is 1.20 bits per heavy atom. The van der Waals surface area contributed by atoms with Gasteiger partial charge in [-0.05, 0) is 26.7 Å². The number of hydrogen-bond donors (Lipinski definition) is 1. The fourth-order valence-corrected chi connectivity index (χ4v) is 2.75. The van der Waals surface area contributed by atoms with Crippen LogP contribution in [0.3, 0.4) is 0 Å². The molecule has 4 heteroatoms. The molecule has 0 amide bonds. The molecule has 0 aromatic rings. The van der Waals surface area contributed by atoms with Crippen LogP contribution in [0.2, 0.25) is 0 Å². The molecule has 2 atom stereocenters. The molecular formula is C11H25NO2S. The van der Waals surface area contributed by atoms with Crippen molar-refractivity contribution in [2.75, 3.05) is 12.3 Å². The first-order chi connectivity index (χ1) is 6.94. The predicted molar refractivity (Wildman–Crippen MR) is 65.9 cm³/mol. The van der Waals surface area contributed by atoms with Crippen molar-refractivity contribution >= 4 is 9.84 Å². The standard InChI is InChI=1S/C11H25NO2S/c1-5-7-10(3)12-8-9-15(13,14)11(4)6-2/h10-12H,5-9H2,1-4H3. The van der Waals surface area contributed by atoms with Crippen molar-refractivity contribution in [3.8, 4) is 0 Å². The molecule has 0 rings (SSSR count). The van der Waals surface area contributed by atoms with E-state index in [1.54, 1.807) is 6.92 Å². The molecule has 0 radical (unpaired) electrons. The maximum atomic E-state index is 11.7. The Labute approximate surface area is 94.6 Å². The van der Waals surface area contributed by atoms with Gasteiger partial charge in [0.05, 0.1) is 11.0 Å². The average molecular weight is 235 g/mol. The summed E-state index contributed by atoms with van der Waals surface area (Å²) < 4.78 is 23.3. The maximum Gasteiger partial charge on any atom is 0.154 e. The van der Waals surface area contributed by atoms with E-state index in [4.69, 9.17) is 0 Å². The summed E-state index contributed by atoms with van der Waals surface area (Å²) in [6.07, 6.45) is 2.93. The van der Waals surface area contributed by atoms with E-state index >= 15 is 0 Å². The maximum absolute atomic E-state index is 11.7. The summed E-state index contributed by atoms with van der Waals surface area (Å²) >= 11 is 0. The van der Waals surface area contributed by atoms with E-state index in [-0.39, 0.29) is 11.0 Å². The Morgan fingerprint density at radius 2 is 1.80 bits per heavy atom. The van der Waals surface area contributed by atoms with Gasteiger partial charge >= 0.3 is 0 Å². The molecule has 0 saturated heterocycles. The molecule has 2 unspecified atom stereocenters. The van der Waals surface area contributed by atoms with Crippen LogP contribution in [0.4, 0.5) is 0 Å². The van der Waals surface area contributed by atoms with Crippen molar-refractivity contribution in [1.82, 2.24) is 5.32 Å². The third kappa shape index (κ3) is 6.15. The molecule has 15 heavy (non-hydrogen) atoms. The lowest BCUT2D eigenvalue weighted by molar-refractivity contribution is 0.518. The zero-order chi connectivity index (χ0) is 11.9. The van der Waals surface area contributed by atoms with Crippen molar-refractivity contribution < 1.29 is 8.42 Å². The molecule has 0 fully saturated rings. The van der Waals surface area contributed by atoms with Crippen molar-refractivity contribution in [3.63, 3.8) is 0 Å². The topological polar surface area (TPSA) is 46.2 Å². The molecule has 0 bridgehead atoms. The van der Waals surface area contributed by atoms with E-state index in [0.717, 1.165) is 12.8 Å². The normalized spacial score (nSPS) is 16.3. The van der Waals surface area contributed by atoms with Crippen LogP contribution in [-0.2, 0) is 9.84 Å².